The Morgan fingerprint density at radius 3 is 2.57 bits per heavy atom. The van der Waals surface area contributed by atoms with Gasteiger partial charge in [-0.3, -0.25) is 0 Å². The number of nitrogens with two attached hydrogens (primary N) is 1. The summed E-state index contributed by atoms with van der Waals surface area (Å²) in [5, 5.41) is 22.8. The third kappa shape index (κ3) is 2.85. The zero-order valence-corrected chi connectivity index (χ0v) is 11.7. The predicted molar refractivity (Wildman–Crippen MR) is 76.8 cm³/mol. The summed E-state index contributed by atoms with van der Waals surface area (Å²) in [5.41, 5.74) is 6.32. The van der Waals surface area contributed by atoms with Crippen molar-refractivity contribution in [3.63, 3.8) is 0 Å². The summed E-state index contributed by atoms with van der Waals surface area (Å²) in [6.07, 6.45) is 4.23. The molecular formula is C15H19N3O3. The molecule has 0 bridgehead atoms. The summed E-state index contributed by atoms with van der Waals surface area (Å²) in [7, 11) is 0. The quantitative estimate of drug-likeness (QED) is 0.749. The van der Waals surface area contributed by atoms with Gasteiger partial charge in [-0.25, -0.2) is 0 Å². The minimum Gasteiger partial charge on any atom is -0.504 e. The highest BCUT2D eigenvalue weighted by Gasteiger charge is 2.26. The van der Waals surface area contributed by atoms with Crippen molar-refractivity contribution in [3.05, 3.63) is 24.1 Å². The van der Waals surface area contributed by atoms with Crippen LogP contribution in [0, 0.1) is 5.92 Å². The standard InChI is InChI=1S/C15H19N3O3/c16-8-9-1-3-10(4-2-9)15-17-14(18-21-15)11-5-6-12(19)13(20)7-11/h5-7,9-10,19-20H,1-4,8,16H2. The number of hydrogen-bond donors (Lipinski definition) is 3. The van der Waals surface area contributed by atoms with Crippen molar-refractivity contribution in [1.29, 1.82) is 0 Å². The second-order valence-electron chi connectivity index (χ2n) is 5.61. The molecule has 21 heavy (non-hydrogen) atoms. The van der Waals surface area contributed by atoms with Gasteiger partial charge in [0.25, 0.3) is 0 Å². The first kappa shape index (κ1) is 13.9. The van der Waals surface area contributed by atoms with E-state index in [0.717, 1.165) is 32.2 Å². The lowest BCUT2D eigenvalue weighted by atomic mass is 9.82. The summed E-state index contributed by atoms with van der Waals surface area (Å²) in [6, 6.07) is 4.48. The molecule has 0 aliphatic heterocycles. The average Bonchev–Trinajstić information content (AvgIpc) is 3.00. The maximum atomic E-state index is 9.53. The number of aromatic nitrogens is 2. The van der Waals surface area contributed by atoms with Crippen molar-refractivity contribution in [3.8, 4) is 22.9 Å². The molecule has 1 heterocycles. The van der Waals surface area contributed by atoms with Gasteiger partial charge in [0.1, 0.15) is 0 Å². The fourth-order valence-corrected chi connectivity index (χ4v) is 2.83. The molecule has 1 aliphatic carbocycles. The largest absolute Gasteiger partial charge is 0.504 e. The van der Waals surface area contributed by atoms with Crippen LogP contribution in [0.1, 0.15) is 37.5 Å². The minimum atomic E-state index is -0.192. The maximum Gasteiger partial charge on any atom is 0.230 e. The van der Waals surface area contributed by atoms with Gasteiger partial charge in [-0.05, 0) is 56.3 Å². The first-order valence-corrected chi connectivity index (χ1v) is 7.23. The SMILES string of the molecule is NCC1CCC(c2nc(-c3ccc(O)c(O)c3)no2)CC1. The third-order valence-corrected chi connectivity index (χ3v) is 4.20. The summed E-state index contributed by atoms with van der Waals surface area (Å²) < 4.78 is 5.36. The van der Waals surface area contributed by atoms with Crippen LogP contribution in [0.3, 0.4) is 0 Å². The van der Waals surface area contributed by atoms with E-state index in [1.54, 1.807) is 6.07 Å². The topological polar surface area (TPSA) is 105 Å². The van der Waals surface area contributed by atoms with E-state index < -0.39 is 0 Å². The third-order valence-electron chi connectivity index (χ3n) is 4.20. The summed E-state index contributed by atoms with van der Waals surface area (Å²) in [5.74, 6) is 1.62. The molecule has 0 amide bonds. The van der Waals surface area contributed by atoms with E-state index in [2.05, 4.69) is 10.1 Å². The molecule has 1 aromatic heterocycles. The number of rotatable bonds is 3. The second-order valence-corrected chi connectivity index (χ2v) is 5.61. The maximum absolute atomic E-state index is 9.53. The molecular weight excluding hydrogens is 270 g/mol. The molecule has 6 nitrogen and oxygen atoms in total. The Kier molecular flexibility index (Phi) is 3.79. The lowest BCUT2D eigenvalue weighted by Gasteiger charge is -2.24. The number of hydrogen-bond acceptors (Lipinski definition) is 6. The van der Waals surface area contributed by atoms with E-state index in [-0.39, 0.29) is 11.5 Å². The molecule has 1 saturated carbocycles. The molecule has 0 radical (unpaired) electrons. The zero-order chi connectivity index (χ0) is 14.8. The monoisotopic (exact) mass is 289 g/mol. The van der Waals surface area contributed by atoms with Crippen LogP contribution < -0.4 is 5.73 Å². The van der Waals surface area contributed by atoms with Gasteiger partial charge in [-0.2, -0.15) is 4.98 Å². The van der Waals surface area contributed by atoms with E-state index in [1.165, 1.54) is 12.1 Å². The predicted octanol–water partition coefficient (Wildman–Crippen LogP) is 2.38. The molecule has 0 atom stereocenters. The van der Waals surface area contributed by atoms with Crippen LogP contribution in [0.2, 0.25) is 0 Å². The van der Waals surface area contributed by atoms with Crippen molar-refractivity contribution in [2.75, 3.05) is 6.54 Å². The van der Waals surface area contributed by atoms with Gasteiger partial charge in [-0.15, -0.1) is 0 Å². The van der Waals surface area contributed by atoms with Gasteiger partial charge in [-0.1, -0.05) is 5.16 Å². The molecule has 0 spiro atoms. The Labute approximate surface area is 122 Å². The molecule has 112 valence electrons. The normalized spacial score (nSPS) is 22.3. The number of nitrogens with zero attached hydrogens (tertiary/aromatic N) is 2. The second kappa shape index (κ2) is 5.73. The minimum absolute atomic E-state index is 0.164. The molecule has 3 rings (SSSR count). The molecule has 0 unspecified atom stereocenters. The van der Waals surface area contributed by atoms with Crippen molar-refractivity contribution < 1.29 is 14.7 Å². The molecule has 1 aromatic carbocycles. The lowest BCUT2D eigenvalue weighted by Crippen LogP contribution is -2.20. The van der Waals surface area contributed by atoms with Crippen LogP contribution in [0.15, 0.2) is 22.7 Å². The molecule has 4 N–H and O–H groups in total. The number of aromatic hydroxyl groups is 2. The lowest BCUT2D eigenvalue weighted by molar-refractivity contribution is 0.275. The first-order valence-electron chi connectivity index (χ1n) is 7.23. The van der Waals surface area contributed by atoms with Crippen LogP contribution in [0.25, 0.3) is 11.4 Å². The Hall–Kier alpha value is -2.08. The zero-order valence-electron chi connectivity index (χ0n) is 11.7. The average molecular weight is 289 g/mol. The van der Waals surface area contributed by atoms with Crippen LogP contribution in [-0.2, 0) is 0 Å². The number of benzene rings is 1. The van der Waals surface area contributed by atoms with Crippen LogP contribution in [0.4, 0.5) is 0 Å². The van der Waals surface area contributed by atoms with Gasteiger partial charge in [0.2, 0.25) is 11.7 Å². The van der Waals surface area contributed by atoms with E-state index in [0.29, 0.717) is 29.1 Å². The number of phenolic OH excluding ortho intramolecular Hbond substituents is 2. The van der Waals surface area contributed by atoms with E-state index >= 15 is 0 Å². The molecule has 2 aromatic rings. The smallest absolute Gasteiger partial charge is 0.230 e. The van der Waals surface area contributed by atoms with Gasteiger partial charge >= 0.3 is 0 Å². The molecule has 6 heteroatoms. The fourth-order valence-electron chi connectivity index (χ4n) is 2.83. The Bertz CT molecular complexity index is 618. The molecule has 1 aliphatic rings. The van der Waals surface area contributed by atoms with E-state index in [1.807, 2.05) is 0 Å². The Balaban J connectivity index is 1.76. The van der Waals surface area contributed by atoms with Crippen molar-refractivity contribution in [1.82, 2.24) is 10.1 Å². The summed E-state index contributed by atoms with van der Waals surface area (Å²) >= 11 is 0. The van der Waals surface area contributed by atoms with Crippen molar-refractivity contribution in [2.45, 2.75) is 31.6 Å². The highest BCUT2D eigenvalue weighted by Crippen LogP contribution is 2.36. The highest BCUT2D eigenvalue weighted by molar-refractivity contribution is 5.59. The van der Waals surface area contributed by atoms with Crippen LogP contribution in [-0.4, -0.2) is 26.9 Å². The highest BCUT2D eigenvalue weighted by atomic mass is 16.5. The van der Waals surface area contributed by atoms with Gasteiger partial charge in [0.15, 0.2) is 11.5 Å². The number of phenols is 2. The molecule has 1 fully saturated rings. The van der Waals surface area contributed by atoms with Crippen molar-refractivity contribution in [2.24, 2.45) is 11.7 Å². The van der Waals surface area contributed by atoms with Crippen molar-refractivity contribution >= 4 is 0 Å². The van der Waals surface area contributed by atoms with Gasteiger partial charge in [0, 0.05) is 11.5 Å². The van der Waals surface area contributed by atoms with E-state index in [9.17, 15) is 10.2 Å². The Morgan fingerprint density at radius 2 is 1.90 bits per heavy atom. The van der Waals surface area contributed by atoms with Gasteiger partial charge < -0.3 is 20.5 Å². The molecule has 0 saturated heterocycles. The summed E-state index contributed by atoms with van der Waals surface area (Å²) in [4.78, 5) is 4.42. The first-order chi connectivity index (χ1) is 10.2. The summed E-state index contributed by atoms with van der Waals surface area (Å²) in [6.45, 7) is 0.745. The van der Waals surface area contributed by atoms with Gasteiger partial charge in [0.05, 0.1) is 0 Å². The van der Waals surface area contributed by atoms with Crippen LogP contribution in [0.5, 0.6) is 11.5 Å². The fraction of sp³-hybridized carbons (Fsp3) is 0.467. The Morgan fingerprint density at radius 1 is 1.14 bits per heavy atom. The van der Waals surface area contributed by atoms with Crippen LogP contribution >= 0.6 is 0 Å². The van der Waals surface area contributed by atoms with E-state index in [4.69, 9.17) is 10.3 Å².